The highest BCUT2D eigenvalue weighted by atomic mass is 19.1. The Morgan fingerprint density at radius 2 is 1.82 bits per heavy atom. The molecular weight excluding hydrogens is 433 g/mol. The van der Waals surface area contributed by atoms with Crippen molar-refractivity contribution in [1.29, 1.82) is 0 Å². The third-order valence-corrected chi connectivity index (χ3v) is 6.20. The van der Waals surface area contributed by atoms with Crippen LogP contribution in [0.3, 0.4) is 0 Å². The Morgan fingerprint density at radius 1 is 1.09 bits per heavy atom. The molecule has 0 unspecified atom stereocenters. The van der Waals surface area contributed by atoms with Crippen LogP contribution in [0.5, 0.6) is 11.5 Å². The summed E-state index contributed by atoms with van der Waals surface area (Å²) in [5.74, 6) is 1.22. The summed E-state index contributed by atoms with van der Waals surface area (Å²) in [4.78, 5) is 18.7. The zero-order valence-corrected chi connectivity index (χ0v) is 19.1. The lowest BCUT2D eigenvalue weighted by atomic mass is 9.92. The molecule has 7 heteroatoms. The Bertz CT molecular complexity index is 1320. The number of carbonyl (C=O) groups is 1. The fraction of sp³-hybridized carbons (Fsp3) is 0.222. The van der Waals surface area contributed by atoms with E-state index in [1.807, 2.05) is 49.4 Å². The van der Waals surface area contributed by atoms with Gasteiger partial charge in [0.05, 0.1) is 19.8 Å². The van der Waals surface area contributed by atoms with Crippen LogP contribution >= 0.6 is 0 Å². The molecule has 0 saturated heterocycles. The van der Waals surface area contributed by atoms with Crippen LogP contribution in [0, 0.1) is 5.82 Å². The van der Waals surface area contributed by atoms with Gasteiger partial charge in [0.15, 0.2) is 0 Å². The van der Waals surface area contributed by atoms with Crippen LogP contribution < -0.4 is 14.8 Å². The molecule has 1 aliphatic heterocycles. The lowest BCUT2D eigenvalue weighted by Gasteiger charge is -2.36. The van der Waals surface area contributed by atoms with Gasteiger partial charge in [0.25, 0.3) is 0 Å². The summed E-state index contributed by atoms with van der Waals surface area (Å²) >= 11 is 0. The van der Waals surface area contributed by atoms with Crippen LogP contribution in [0.4, 0.5) is 14.9 Å². The normalized spacial score (nSPS) is 15.1. The van der Waals surface area contributed by atoms with Crippen LogP contribution in [-0.2, 0) is 6.42 Å². The van der Waals surface area contributed by atoms with Crippen LogP contribution in [-0.4, -0.2) is 36.2 Å². The number of urea groups is 1. The number of methoxy groups -OCH3 is 1. The van der Waals surface area contributed by atoms with E-state index in [1.165, 1.54) is 12.1 Å². The Balaban J connectivity index is 1.52. The average Bonchev–Trinajstić information content (AvgIpc) is 3.23. The fourth-order valence-electron chi connectivity index (χ4n) is 4.60. The molecule has 0 radical (unpaired) electrons. The van der Waals surface area contributed by atoms with Gasteiger partial charge in [-0.05, 0) is 79.1 Å². The minimum Gasteiger partial charge on any atom is -0.497 e. The molecular formula is C27H26FN3O3. The first-order chi connectivity index (χ1) is 16.6. The van der Waals surface area contributed by atoms with Crippen molar-refractivity contribution in [2.45, 2.75) is 19.4 Å². The minimum absolute atomic E-state index is 0.222. The van der Waals surface area contributed by atoms with Gasteiger partial charge in [-0.2, -0.15) is 0 Å². The summed E-state index contributed by atoms with van der Waals surface area (Å²) in [5.41, 5.74) is 4.57. The maximum absolute atomic E-state index is 13.7. The number of ether oxygens (including phenoxy) is 2. The number of halogens is 1. The topological polar surface area (TPSA) is 66.6 Å². The van der Waals surface area contributed by atoms with Crippen LogP contribution in [0.2, 0.25) is 0 Å². The van der Waals surface area contributed by atoms with Crippen molar-refractivity contribution in [3.63, 3.8) is 0 Å². The summed E-state index contributed by atoms with van der Waals surface area (Å²) in [6.45, 7) is 3.02. The SMILES string of the molecule is CCOc1ccc(NC(=O)N2CCc3c([nH]c4ccc(OC)cc34)[C@@H]2c2ccc(F)cc2)cc1. The maximum Gasteiger partial charge on any atom is 0.322 e. The van der Waals surface area contributed by atoms with E-state index in [0.29, 0.717) is 25.3 Å². The van der Waals surface area contributed by atoms with E-state index in [9.17, 15) is 9.18 Å². The van der Waals surface area contributed by atoms with Crippen molar-refractivity contribution in [2.24, 2.45) is 0 Å². The van der Waals surface area contributed by atoms with E-state index in [4.69, 9.17) is 9.47 Å². The predicted octanol–water partition coefficient (Wildman–Crippen LogP) is 5.89. The number of carbonyl (C=O) groups excluding carboxylic acids is 1. The van der Waals surface area contributed by atoms with Gasteiger partial charge in [-0.15, -0.1) is 0 Å². The van der Waals surface area contributed by atoms with E-state index < -0.39 is 0 Å². The number of nitrogens with one attached hydrogen (secondary N) is 2. The molecule has 2 amide bonds. The molecule has 3 aromatic carbocycles. The second-order valence-corrected chi connectivity index (χ2v) is 8.21. The van der Waals surface area contributed by atoms with Crippen LogP contribution in [0.15, 0.2) is 66.7 Å². The minimum atomic E-state index is -0.384. The molecule has 1 atom stereocenters. The first-order valence-electron chi connectivity index (χ1n) is 11.3. The Morgan fingerprint density at radius 3 is 2.53 bits per heavy atom. The summed E-state index contributed by atoms with van der Waals surface area (Å²) in [6.07, 6.45) is 0.691. The molecule has 34 heavy (non-hydrogen) atoms. The van der Waals surface area contributed by atoms with Crippen molar-refractivity contribution in [3.8, 4) is 11.5 Å². The molecule has 0 saturated carbocycles. The van der Waals surface area contributed by atoms with Crippen molar-refractivity contribution in [2.75, 3.05) is 25.6 Å². The second-order valence-electron chi connectivity index (χ2n) is 8.21. The van der Waals surface area contributed by atoms with Crippen molar-refractivity contribution in [3.05, 3.63) is 89.4 Å². The van der Waals surface area contributed by atoms with E-state index >= 15 is 0 Å². The van der Waals surface area contributed by atoms with E-state index in [2.05, 4.69) is 10.3 Å². The number of nitrogens with zero attached hydrogens (tertiary/aromatic N) is 1. The number of anilines is 1. The zero-order valence-electron chi connectivity index (χ0n) is 19.1. The molecule has 0 fully saturated rings. The van der Waals surface area contributed by atoms with Crippen LogP contribution in [0.1, 0.15) is 29.8 Å². The Kier molecular flexibility index (Phi) is 5.84. The molecule has 0 aliphatic carbocycles. The predicted molar refractivity (Wildman–Crippen MR) is 130 cm³/mol. The number of rotatable bonds is 5. The van der Waals surface area contributed by atoms with Crippen molar-refractivity contribution < 1.29 is 18.7 Å². The van der Waals surface area contributed by atoms with Crippen LogP contribution in [0.25, 0.3) is 10.9 Å². The van der Waals surface area contributed by atoms with Gasteiger partial charge in [-0.3, -0.25) is 0 Å². The molecule has 2 N–H and O–H groups in total. The first-order valence-corrected chi connectivity index (χ1v) is 11.3. The zero-order chi connectivity index (χ0) is 23.7. The molecule has 6 nitrogen and oxygen atoms in total. The lowest BCUT2D eigenvalue weighted by Crippen LogP contribution is -2.43. The average molecular weight is 460 g/mol. The molecule has 4 aromatic rings. The molecule has 174 valence electrons. The van der Waals surface area contributed by atoms with E-state index in [1.54, 1.807) is 24.1 Å². The number of aromatic nitrogens is 1. The number of hydrogen-bond donors (Lipinski definition) is 2. The molecule has 1 aliphatic rings. The molecule has 5 rings (SSSR count). The van der Waals surface area contributed by atoms with Gasteiger partial charge in [0, 0.05) is 28.8 Å². The highest BCUT2D eigenvalue weighted by Crippen LogP contribution is 2.39. The second kappa shape index (κ2) is 9.09. The van der Waals surface area contributed by atoms with Gasteiger partial charge in [0.2, 0.25) is 0 Å². The van der Waals surface area contributed by atoms with Gasteiger partial charge in [-0.1, -0.05) is 12.1 Å². The Labute approximate surface area is 197 Å². The van der Waals surface area contributed by atoms with Gasteiger partial charge in [-0.25, -0.2) is 9.18 Å². The summed E-state index contributed by atoms with van der Waals surface area (Å²) in [6, 6.07) is 18.9. The molecule has 1 aromatic heterocycles. The fourth-order valence-corrected chi connectivity index (χ4v) is 4.60. The monoisotopic (exact) mass is 459 g/mol. The highest BCUT2D eigenvalue weighted by Gasteiger charge is 2.34. The summed E-state index contributed by atoms with van der Waals surface area (Å²) in [5, 5.41) is 4.08. The quantitative estimate of drug-likeness (QED) is 0.391. The standard InChI is InChI=1S/C27H26FN3O3/c1-3-34-20-10-8-19(9-11-20)29-27(32)31-15-14-22-23-16-21(33-2)12-13-24(23)30-25(22)26(31)17-4-6-18(28)7-5-17/h4-13,16,26,30H,3,14-15H2,1-2H3,(H,29,32)/t26-/m0/s1. The molecule has 0 spiro atoms. The third kappa shape index (κ3) is 4.05. The number of fused-ring (bicyclic) bond motifs is 3. The number of amides is 2. The molecule has 0 bridgehead atoms. The number of H-pyrrole nitrogens is 1. The summed E-state index contributed by atoms with van der Waals surface area (Å²) < 4.78 is 24.6. The Hall–Kier alpha value is -4.00. The molecule has 2 heterocycles. The largest absolute Gasteiger partial charge is 0.497 e. The number of benzene rings is 3. The van der Waals surface area contributed by atoms with Crippen molar-refractivity contribution in [1.82, 2.24) is 9.88 Å². The van der Waals surface area contributed by atoms with Gasteiger partial charge < -0.3 is 24.7 Å². The summed E-state index contributed by atoms with van der Waals surface area (Å²) in [7, 11) is 1.65. The number of hydrogen-bond acceptors (Lipinski definition) is 3. The number of aromatic amines is 1. The van der Waals surface area contributed by atoms with Crippen molar-refractivity contribution >= 4 is 22.6 Å². The lowest BCUT2D eigenvalue weighted by molar-refractivity contribution is 0.193. The van der Waals surface area contributed by atoms with Gasteiger partial charge >= 0.3 is 6.03 Å². The first kappa shape index (κ1) is 21.8. The third-order valence-electron chi connectivity index (χ3n) is 6.20. The highest BCUT2D eigenvalue weighted by molar-refractivity contribution is 5.92. The van der Waals surface area contributed by atoms with E-state index in [0.717, 1.165) is 39.2 Å². The van der Waals surface area contributed by atoms with Gasteiger partial charge in [0.1, 0.15) is 17.3 Å². The van der Waals surface area contributed by atoms with E-state index in [-0.39, 0.29) is 17.9 Å². The smallest absolute Gasteiger partial charge is 0.322 e. The maximum atomic E-state index is 13.7.